The summed E-state index contributed by atoms with van der Waals surface area (Å²) in [5.41, 5.74) is -0.887. The number of hydrogen-bond acceptors (Lipinski definition) is 8. The molecule has 124 valence electrons. The Morgan fingerprint density at radius 2 is 1.04 bits per heavy atom. The summed E-state index contributed by atoms with van der Waals surface area (Å²) in [7, 11) is 0. The Bertz CT molecular complexity index is 683. The van der Waals surface area contributed by atoms with E-state index >= 15 is 0 Å². The van der Waals surface area contributed by atoms with Crippen LogP contribution in [0.25, 0.3) is 0 Å². The summed E-state index contributed by atoms with van der Waals surface area (Å²) in [6.45, 7) is 0. The van der Waals surface area contributed by atoms with E-state index in [9.17, 15) is 40.0 Å². The number of carboxylic acid groups (broad SMARTS) is 2. The Kier molecular flexibility index (Phi) is 8.58. The molecule has 0 aliphatic rings. The normalized spacial score (nSPS) is 8.96. The van der Waals surface area contributed by atoms with Crippen LogP contribution in [0.3, 0.4) is 0 Å². The molecule has 0 heterocycles. The summed E-state index contributed by atoms with van der Waals surface area (Å²) in [6.07, 6.45) is 0. The van der Waals surface area contributed by atoms with E-state index in [1.54, 1.807) is 0 Å². The maximum Gasteiger partial charge on any atom is 2.00 e. The van der Waals surface area contributed by atoms with Crippen LogP contribution in [0, 0.1) is 20.2 Å². The van der Waals surface area contributed by atoms with Gasteiger partial charge in [-0.3, -0.25) is 20.2 Å². The van der Waals surface area contributed by atoms with Gasteiger partial charge >= 0.3 is 19.5 Å². The summed E-state index contributed by atoms with van der Waals surface area (Å²) in [5.74, 6) is -2.84. The Balaban J connectivity index is 0.000000443. The first-order valence-corrected chi connectivity index (χ1v) is 6.14. The van der Waals surface area contributed by atoms with E-state index in [0.29, 0.717) is 0 Å². The van der Waals surface area contributed by atoms with Gasteiger partial charge in [-0.05, 0) is 0 Å². The van der Waals surface area contributed by atoms with Crippen LogP contribution in [0.1, 0.15) is 20.7 Å². The number of benzene rings is 2. The standard InChI is InChI=1S/2C7H5NO4.Zn/c2*9-7(10)5-2-1-3-6(4-5)8(11)12;/h2*1-4H,(H,9,10);/q;;+2/p-2. The molecule has 0 aliphatic carbocycles. The van der Waals surface area contributed by atoms with Gasteiger partial charge in [-0.15, -0.1) is 0 Å². The van der Waals surface area contributed by atoms with Gasteiger partial charge in [-0.2, -0.15) is 0 Å². The average molecular weight is 398 g/mol. The minimum atomic E-state index is -1.42. The number of nitrogens with zero attached hydrogens (tertiary/aromatic N) is 2. The number of carbonyl (C=O) groups excluding carboxylic acids is 2. The molecule has 0 saturated heterocycles. The van der Waals surface area contributed by atoms with Crippen LogP contribution in [0.4, 0.5) is 11.4 Å². The molecular formula is C14H8N2O8Zn. The molecule has 0 saturated carbocycles. The number of aromatic carboxylic acids is 2. The summed E-state index contributed by atoms with van der Waals surface area (Å²) in [6, 6.07) is 9.40. The SMILES string of the molecule is O=C([O-])c1cccc([N+](=O)[O-])c1.O=C([O-])c1cccc([N+](=O)[O-])c1.[Zn+2]. The van der Waals surface area contributed by atoms with Crippen molar-refractivity contribution >= 4 is 23.3 Å². The topological polar surface area (TPSA) is 167 Å². The van der Waals surface area contributed by atoms with Crippen molar-refractivity contribution in [1.82, 2.24) is 0 Å². The second-order valence-electron chi connectivity index (χ2n) is 4.19. The zero-order valence-corrected chi connectivity index (χ0v) is 15.5. The smallest absolute Gasteiger partial charge is 0.545 e. The second kappa shape index (κ2) is 9.83. The van der Waals surface area contributed by atoms with Crippen LogP contribution < -0.4 is 10.2 Å². The zero-order valence-electron chi connectivity index (χ0n) is 12.5. The molecule has 11 heteroatoms. The van der Waals surface area contributed by atoms with Crippen LogP contribution in [-0.2, 0) is 19.5 Å². The molecule has 0 amide bonds. The van der Waals surface area contributed by atoms with Gasteiger partial charge in [0.15, 0.2) is 0 Å². The third-order valence-corrected chi connectivity index (χ3v) is 2.59. The van der Waals surface area contributed by atoms with Crippen molar-refractivity contribution in [3.8, 4) is 0 Å². The summed E-state index contributed by atoms with van der Waals surface area (Å²) >= 11 is 0. The largest absolute Gasteiger partial charge is 2.00 e. The van der Waals surface area contributed by atoms with Crippen LogP contribution in [0.2, 0.25) is 0 Å². The Labute approximate surface area is 152 Å². The molecule has 2 rings (SSSR count). The van der Waals surface area contributed by atoms with Gasteiger partial charge in [-0.1, -0.05) is 24.3 Å². The molecule has 0 aliphatic heterocycles. The van der Waals surface area contributed by atoms with Crippen molar-refractivity contribution < 1.29 is 49.1 Å². The second-order valence-corrected chi connectivity index (χ2v) is 4.19. The summed E-state index contributed by atoms with van der Waals surface area (Å²) < 4.78 is 0. The number of nitro benzene ring substituents is 2. The van der Waals surface area contributed by atoms with E-state index in [2.05, 4.69) is 0 Å². The molecule has 0 N–H and O–H groups in total. The van der Waals surface area contributed by atoms with Crippen LogP contribution >= 0.6 is 0 Å². The van der Waals surface area contributed by atoms with Crippen LogP contribution in [0.15, 0.2) is 48.5 Å². The molecule has 0 bridgehead atoms. The van der Waals surface area contributed by atoms with Gasteiger partial charge in [-0.25, -0.2) is 0 Å². The molecule has 2 aromatic carbocycles. The maximum absolute atomic E-state index is 10.2. The van der Waals surface area contributed by atoms with Crippen LogP contribution in [-0.4, -0.2) is 21.8 Å². The maximum atomic E-state index is 10.2. The predicted octanol–water partition coefficient (Wildman–Crippen LogP) is -0.0859. The van der Waals surface area contributed by atoms with Crippen molar-refractivity contribution in [3.63, 3.8) is 0 Å². The van der Waals surface area contributed by atoms with E-state index in [1.807, 2.05) is 0 Å². The predicted molar refractivity (Wildman–Crippen MR) is 74.9 cm³/mol. The van der Waals surface area contributed by atoms with Crippen molar-refractivity contribution in [2.24, 2.45) is 0 Å². The average Bonchev–Trinajstić information content (AvgIpc) is 2.55. The molecule has 2 aromatic rings. The van der Waals surface area contributed by atoms with Gasteiger partial charge in [0, 0.05) is 35.4 Å². The Morgan fingerprint density at radius 1 is 0.720 bits per heavy atom. The molecule has 0 radical (unpaired) electrons. The number of rotatable bonds is 4. The van der Waals surface area contributed by atoms with Gasteiger partial charge in [0.1, 0.15) is 0 Å². The van der Waals surface area contributed by atoms with Gasteiger partial charge in [0.05, 0.1) is 21.8 Å². The van der Waals surface area contributed by atoms with Crippen LogP contribution in [0.5, 0.6) is 0 Å². The molecule has 10 nitrogen and oxygen atoms in total. The fraction of sp³-hybridized carbons (Fsp3) is 0. The van der Waals surface area contributed by atoms with Crippen molar-refractivity contribution in [1.29, 1.82) is 0 Å². The van der Waals surface area contributed by atoms with E-state index in [4.69, 9.17) is 0 Å². The van der Waals surface area contributed by atoms with E-state index in [0.717, 1.165) is 12.1 Å². The first-order valence-electron chi connectivity index (χ1n) is 6.14. The van der Waals surface area contributed by atoms with Gasteiger partial charge in [0.25, 0.3) is 11.4 Å². The Hall–Kier alpha value is -3.20. The molecule has 0 atom stereocenters. The van der Waals surface area contributed by atoms with Gasteiger partial charge in [0.2, 0.25) is 0 Å². The molecule has 0 spiro atoms. The molecular weight excluding hydrogens is 390 g/mol. The summed E-state index contributed by atoms with van der Waals surface area (Å²) in [4.78, 5) is 39.5. The number of nitro groups is 2. The number of non-ortho nitro benzene ring substituents is 2. The quantitative estimate of drug-likeness (QED) is 0.392. The number of carboxylic acids is 2. The fourth-order valence-corrected chi connectivity index (χ4v) is 1.49. The molecule has 0 unspecified atom stereocenters. The number of hydrogen-bond donors (Lipinski definition) is 0. The van der Waals surface area contributed by atoms with E-state index in [1.165, 1.54) is 36.4 Å². The Morgan fingerprint density at radius 3 is 1.28 bits per heavy atom. The first kappa shape index (κ1) is 21.8. The van der Waals surface area contributed by atoms with E-state index < -0.39 is 21.8 Å². The fourth-order valence-electron chi connectivity index (χ4n) is 1.49. The van der Waals surface area contributed by atoms with Gasteiger partial charge < -0.3 is 19.8 Å². The summed E-state index contributed by atoms with van der Waals surface area (Å²) in [5, 5.41) is 40.8. The molecule has 0 aromatic heterocycles. The number of carbonyl (C=O) groups is 2. The van der Waals surface area contributed by atoms with Crippen molar-refractivity contribution in [2.45, 2.75) is 0 Å². The van der Waals surface area contributed by atoms with E-state index in [-0.39, 0.29) is 42.0 Å². The third kappa shape index (κ3) is 6.84. The van der Waals surface area contributed by atoms with Crippen molar-refractivity contribution in [2.75, 3.05) is 0 Å². The van der Waals surface area contributed by atoms with Crippen molar-refractivity contribution in [3.05, 3.63) is 79.9 Å². The third-order valence-electron chi connectivity index (χ3n) is 2.59. The molecule has 25 heavy (non-hydrogen) atoms. The first-order chi connectivity index (χ1) is 11.2. The monoisotopic (exact) mass is 396 g/mol. The minimum Gasteiger partial charge on any atom is -0.545 e. The zero-order chi connectivity index (χ0) is 18.3. The minimum absolute atomic E-state index is 0. The molecule has 0 fully saturated rings.